The minimum atomic E-state index is -0.302. The Hall–Kier alpha value is -2.62. The van der Waals surface area contributed by atoms with Gasteiger partial charge in [0.05, 0.1) is 11.6 Å². The number of nitrogen functional groups attached to an aromatic ring is 1. The van der Waals surface area contributed by atoms with E-state index in [1.807, 2.05) is 31.2 Å². The summed E-state index contributed by atoms with van der Waals surface area (Å²) < 4.78 is 0. The van der Waals surface area contributed by atoms with Crippen molar-refractivity contribution in [3.63, 3.8) is 0 Å². The van der Waals surface area contributed by atoms with Crippen molar-refractivity contribution >= 4 is 23.2 Å². The Bertz CT molecular complexity index is 707. The van der Waals surface area contributed by atoms with E-state index in [4.69, 9.17) is 5.73 Å². The SMILES string of the molecule is CCC1C(=O)N(C(=O)c2ccc(N)cc2)c2ccccc21. The molecule has 1 aliphatic heterocycles. The van der Waals surface area contributed by atoms with Crippen LogP contribution in [0.2, 0.25) is 0 Å². The van der Waals surface area contributed by atoms with Gasteiger partial charge < -0.3 is 5.73 Å². The van der Waals surface area contributed by atoms with Crippen molar-refractivity contribution in [2.24, 2.45) is 0 Å². The van der Waals surface area contributed by atoms with Gasteiger partial charge in [0.25, 0.3) is 5.91 Å². The molecule has 21 heavy (non-hydrogen) atoms. The van der Waals surface area contributed by atoms with Crippen molar-refractivity contribution in [1.82, 2.24) is 0 Å². The average molecular weight is 280 g/mol. The zero-order valence-corrected chi connectivity index (χ0v) is 11.7. The number of benzene rings is 2. The van der Waals surface area contributed by atoms with Gasteiger partial charge in [-0.1, -0.05) is 25.1 Å². The van der Waals surface area contributed by atoms with Crippen molar-refractivity contribution in [1.29, 1.82) is 0 Å². The normalized spacial score (nSPS) is 16.9. The standard InChI is InChI=1S/C17H16N2O2/c1-2-13-14-5-3-4-6-15(14)19(17(13)21)16(20)11-7-9-12(18)10-8-11/h3-10,13H,2,18H2,1H3. The molecule has 2 N–H and O–H groups in total. The predicted molar refractivity (Wildman–Crippen MR) is 82.1 cm³/mol. The molecule has 4 heteroatoms. The molecule has 1 atom stereocenters. The molecule has 0 radical (unpaired) electrons. The number of anilines is 2. The van der Waals surface area contributed by atoms with Crippen molar-refractivity contribution in [3.05, 3.63) is 59.7 Å². The predicted octanol–water partition coefficient (Wildman–Crippen LogP) is 2.95. The Morgan fingerprint density at radius 1 is 1.14 bits per heavy atom. The number of rotatable bonds is 2. The maximum atomic E-state index is 12.7. The lowest BCUT2D eigenvalue weighted by atomic mass is 9.98. The fourth-order valence-electron chi connectivity index (χ4n) is 2.75. The zero-order chi connectivity index (χ0) is 15.0. The van der Waals surface area contributed by atoms with Crippen molar-refractivity contribution < 1.29 is 9.59 Å². The van der Waals surface area contributed by atoms with Crippen molar-refractivity contribution in [2.75, 3.05) is 10.6 Å². The van der Waals surface area contributed by atoms with Crippen molar-refractivity contribution in [3.8, 4) is 0 Å². The monoisotopic (exact) mass is 280 g/mol. The molecule has 0 aliphatic carbocycles. The maximum absolute atomic E-state index is 12.7. The Morgan fingerprint density at radius 3 is 2.48 bits per heavy atom. The van der Waals surface area contributed by atoms with Gasteiger partial charge in [0.15, 0.2) is 0 Å². The van der Waals surface area contributed by atoms with Crippen LogP contribution in [0.5, 0.6) is 0 Å². The lowest BCUT2D eigenvalue weighted by molar-refractivity contribution is -0.118. The van der Waals surface area contributed by atoms with Crippen LogP contribution in [-0.4, -0.2) is 11.8 Å². The molecule has 1 unspecified atom stereocenters. The van der Waals surface area contributed by atoms with Gasteiger partial charge in [0.1, 0.15) is 0 Å². The first-order valence-electron chi connectivity index (χ1n) is 6.96. The molecule has 0 saturated heterocycles. The van der Waals surface area contributed by atoms with Crippen LogP contribution in [0, 0.1) is 0 Å². The summed E-state index contributed by atoms with van der Waals surface area (Å²) >= 11 is 0. The minimum Gasteiger partial charge on any atom is -0.399 e. The summed E-state index contributed by atoms with van der Waals surface area (Å²) in [7, 11) is 0. The molecule has 0 spiro atoms. The maximum Gasteiger partial charge on any atom is 0.265 e. The van der Waals surface area contributed by atoms with Gasteiger partial charge in [-0.3, -0.25) is 9.59 Å². The number of nitrogens with zero attached hydrogens (tertiary/aromatic N) is 1. The third kappa shape index (κ3) is 2.09. The van der Waals surface area contributed by atoms with Crippen LogP contribution in [-0.2, 0) is 4.79 Å². The molecule has 0 saturated carbocycles. The van der Waals surface area contributed by atoms with E-state index in [-0.39, 0.29) is 17.7 Å². The van der Waals surface area contributed by atoms with E-state index < -0.39 is 0 Å². The molecule has 2 amide bonds. The van der Waals surface area contributed by atoms with E-state index in [1.165, 1.54) is 4.90 Å². The van der Waals surface area contributed by atoms with Gasteiger partial charge in [-0.25, -0.2) is 4.90 Å². The number of imide groups is 1. The number of para-hydroxylation sites is 1. The number of nitrogens with two attached hydrogens (primary N) is 1. The number of fused-ring (bicyclic) bond motifs is 1. The molecule has 0 bridgehead atoms. The van der Waals surface area contributed by atoms with E-state index in [9.17, 15) is 9.59 Å². The first-order chi connectivity index (χ1) is 10.1. The number of carbonyl (C=O) groups excluding carboxylic acids is 2. The second kappa shape index (κ2) is 5.05. The highest BCUT2D eigenvalue weighted by molar-refractivity contribution is 6.25. The Labute approximate surface area is 123 Å². The van der Waals surface area contributed by atoms with E-state index in [0.29, 0.717) is 23.4 Å². The first kappa shape index (κ1) is 13.4. The van der Waals surface area contributed by atoms with Gasteiger partial charge in [-0.05, 0) is 42.3 Å². The van der Waals surface area contributed by atoms with Crippen LogP contribution in [0.15, 0.2) is 48.5 Å². The second-order valence-electron chi connectivity index (χ2n) is 5.12. The third-order valence-corrected chi connectivity index (χ3v) is 3.84. The topological polar surface area (TPSA) is 63.4 Å². The van der Waals surface area contributed by atoms with Gasteiger partial charge in [-0.2, -0.15) is 0 Å². The molecular formula is C17H16N2O2. The molecule has 106 valence electrons. The molecule has 0 fully saturated rings. The van der Waals surface area contributed by atoms with E-state index in [1.54, 1.807) is 24.3 Å². The molecule has 3 rings (SSSR count). The molecule has 0 aromatic heterocycles. The first-order valence-corrected chi connectivity index (χ1v) is 6.96. The van der Waals surface area contributed by atoms with Gasteiger partial charge in [0.2, 0.25) is 5.91 Å². The Kier molecular flexibility index (Phi) is 3.22. The Balaban J connectivity index is 2.04. The number of hydrogen-bond donors (Lipinski definition) is 1. The number of carbonyl (C=O) groups is 2. The lowest BCUT2D eigenvalue weighted by Gasteiger charge is -2.16. The van der Waals surface area contributed by atoms with Crippen LogP contribution in [0.3, 0.4) is 0 Å². The van der Waals surface area contributed by atoms with Crippen LogP contribution in [0.25, 0.3) is 0 Å². The van der Waals surface area contributed by atoms with E-state index >= 15 is 0 Å². The molecule has 2 aromatic carbocycles. The smallest absolute Gasteiger partial charge is 0.265 e. The fraction of sp³-hybridized carbons (Fsp3) is 0.176. The molecule has 1 heterocycles. The number of hydrogen-bond acceptors (Lipinski definition) is 3. The summed E-state index contributed by atoms with van der Waals surface area (Å²) in [6.07, 6.45) is 0.682. The van der Waals surface area contributed by atoms with Crippen LogP contribution in [0.1, 0.15) is 35.2 Å². The van der Waals surface area contributed by atoms with E-state index in [0.717, 1.165) is 5.56 Å². The Morgan fingerprint density at radius 2 is 1.81 bits per heavy atom. The fourth-order valence-corrected chi connectivity index (χ4v) is 2.75. The van der Waals surface area contributed by atoms with Gasteiger partial charge in [-0.15, -0.1) is 0 Å². The number of amides is 2. The molecule has 2 aromatic rings. The largest absolute Gasteiger partial charge is 0.399 e. The second-order valence-corrected chi connectivity index (χ2v) is 5.12. The lowest BCUT2D eigenvalue weighted by Crippen LogP contribution is -2.35. The summed E-state index contributed by atoms with van der Waals surface area (Å²) in [5.41, 5.74) is 8.30. The molecular weight excluding hydrogens is 264 g/mol. The molecule has 1 aliphatic rings. The summed E-state index contributed by atoms with van der Waals surface area (Å²) in [6, 6.07) is 14.1. The van der Waals surface area contributed by atoms with Crippen molar-refractivity contribution in [2.45, 2.75) is 19.3 Å². The highest BCUT2D eigenvalue weighted by Gasteiger charge is 2.39. The summed E-state index contributed by atoms with van der Waals surface area (Å²) in [4.78, 5) is 26.5. The van der Waals surface area contributed by atoms with Gasteiger partial charge in [0, 0.05) is 11.3 Å². The summed E-state index contributed by atoms with van der Waals surface area (Å²) in [6.45, 7) is 1.95. The summed E-state index contributed by atoms with van der Waals surface area (Å²) in [5, 5.41) is 0. The third-order valence-electron chi connectivity index (χ3n) is 3.84. The van der Waals surface area contributed by atoms with Crippen LogP contribution >= 0.6 is 0 Å². The van der Waals surface area contributed by atoms with Crippen LogP contribution < -0.4 is 10.6 Å². The van der Waals surface area contributed by atoms with E-state index in [2.05, 4.69) is 0 Å². The quantitative estimate of drug-likeness (QED) is 0.679. The highest BCUT2D eigenvalue weighted by atomic mass is 16.2. The van der Waals surface area contributed by atoms with Gasteiger partial charge >= 0.3 is 0 Å². The molecule has 4 nitrogen and oxygen atoms in total. The zero-order valence-electron chi connectivity index (χ0n) is 11.7. The minimum absolute atomic E-state index is 0.152. The van der Waals surface area contributed by atoms with Crippen LogP contribution in [0.4, 0.5) is 11.4 Å². The average Bonchev–Trinajstić information content (AvgIpc) is 2.78. The summed E-state index contributed by atoms with van der Waals surface area (Å²) in [5.74, 6) is -0.692. The highest BCUT2D eigenvalue weighted by Crippen LogP contribution is 2.39.